The zero-order chi connectivity index (χ0) is 12.0. The number of nitrogens with zero attached hydrogens (tertiary/aromatic N) is 1. The van der Waals surface area contributed by atoms with Crippen LogP contribution in [-0.2, 0) is 7.05 Å². The molecule has 0 aliphatic carbocycles. The number of aryl methyl sites for hydroxylation is 2. The summed E-state index contributed by atoms with van der Waals surface area (Å²) in [7, 11) is 1.75. The fraction of sp³-hybridized carbons (Fsp3) is 0.250. The van der Waals surface area contributed by atoms with Crippen LogP contribution in [0.3, 0.4) is 0 Å². The first-order chi connectivity index (χ1) is 7.43. The summed E-state index contributed by atoms with van der Waals surface area (Å²) < 4.78 is 1.70. The number of benzene rings is 1. The first kappa shape index (κ1) is 10.5. The molecule has 0 radical (unpaired) electrons. The molecule has 0 atom stereocenters. The van der Waals surface area contributed by atoms with E-state index in [-0.39, 0.29) is 11.3 Å². The number of carboxylic acids is 1. The Morgan fingerprint density at radius 3 is 2.50 bits per heavy atom. The highest BCUT2D eigenvalue weighted by atomic mass is 16.4. The van der Waals surface area contributed by atoms with Gasteiger partial charge >= 0.3 is 5.97 Å². The number of carbonyl (C=O) groups is 1. The van der Waals surface area contributed by atoms with Gasteiger partial charge in [0, 0.05) is 18.1 Å². The number of aromatic nitrogens is 1. The molecule has 0 fully saturated rings. The molecule has 0 amide bonds. The number of hydrogen-bond acceptors (Lipinski definition) is 2. The predicted octanol–water partition coefficient (Wildman–Crippen LogP) is 2.20. The number of rotatable bonds is 1. The molecule has 2 aromatic rings. The highest BCUT2D eigenvalue weighted by Crippen LogP contribution is 2.32. The predicted molar refractivity (Wildman–Crippen MR) is 61.0 cm³/mol. The van der Waals surface area contributed by atoms with E-state index in [2.05, 4.69) is 0 Å². The average molecular weight is 219 g/mol. The van der Waals surface area contributed by atoms with Crippen LogP contribution in [0, 0.1) is 13.8 Å². The van der Waals surface area contributed by atoms with Gasteiger partial charge < -0.3 is 14.8 Å². The van der Waals surface area contributed by atoms with Crippen LogP contribution >= 0.6 is 0 Å². The van der Waals surface area contributed by atoms with Gasteiger partial charge in [0.25, 0.3) is 0 Å². The van der Waals surface area contributed by atoms with E-state index >= 15 is 0 Å². The van der Waals surface area contributed by atoms with Crippen LogP contribution in [0.4, 0.5) is 0 Å². The van der Waals surface area contributed by atoms with Crippen molar-refractivity contribution in [1.29, 1.82) is 0 Å². The first-order valence-electron chi connectivity index (χ1n) is 4.95. The Hall–Kier alpha value is -1.97. The number of aromatic hydroxyl groups is 1. The number of phenols is 1. The van der Waals surface area contributed by atoms with Gasteiger partial charge in [0.2, 0.25) is 0 Å². The van der Waals surface area contributed by atoms with Crippen LogP contribution in [-0.4, -0.2) is 20.7 Å². The number of fused-ring (bicyclic) bond motifs is 1. The van der Waals surface area contributed by atoms with Crippen molar-refractivity contribution in [2.24, 2.45) is 7.05 Å². The monoisotopic (exact) mass is 219 g/mol. The van der Waals surface area contributed by atoms with Crippen LogP contribution in [0.5, 0.6) is 5.75 Å². The number of hydrogen-bond donors (Lipinski definition) is 2. The molecule has 16 heavy (non-hydrogen) atoms. The van der Waals surface area contributed by atoms with Crippen molar-refractivity contribution in [2.75, 3.05) is 0 Å². The van der Waals surface area contributed by atoms with Gasteiger partial charge in [-0.3, -0.25) is 0 Å². The summed E-state index contributed by atoms with van der Waals surface area (Å²) in [4.78, 5) is 11.2. The second kappa shape index (κ2) is 3.27. The number of aromatic carboxylic acids is 1. The zero-order valence-electron chi connectivity index (χ0n) is 9.40. The molecule has 0 aliphatic rings. The Bertz CT molecular complexity index is 596. The van der Waals surface area contributed by atoms with E-state index in [1.54, 1.807) is 30.7 Å². The quantitative estimate of drug-likeness (QED) is 0.772. The van der Waals surface area contributed by atoms with Crippen LogP contribution in [0.1, 0.15) is 21.6 Å². The van der Waals surface area contributed by atoms with Crippen LogP contribution in [0.15, 0.2) is 12.1 Å². The molecular formula is C12H13NO3. The van der Waals surface area contributed by atoms with E-state index < -0.39 is 5.97 Å². The normalized spacial score (nSPS) is 10.9. The van der Waals surface area contributed by atoms with E-state index in [4.69, 9.17) is 5.11 Å². The summed E-state index contributed by atoms with van der Waals surface area (Å²) in [6.45, 7) is 3.56. The van der Waals surface area contributed by atoms with Gasteiger partial charge in [-0.2, -0.15) is 0 Å². The van der Waals surface area contributed by atoms with Crippen molar-refractivity contribution < 1.29 is 15.0 Å². The van der Waals surface area contributed by atoms with Crippen LogP contribution < -0.4 is 0 Å². The van der Waals surface area contributed by atoms with Crippen molar-refractivity contribution in [3.8, 4) is 5.75 Å². The smallest absolute Gasteiger partial charge is 0.338 e. The van der Waals surface area contributed by atoms with E-state index in [1.165, 1.54) is 0 Å². The Kier molecular flexibility index (Phi) is 2.15. The molecular weight excluding hydrogens is 206 g/mol. The van der Waals surface area contributed by atoms with Gasteiger partial charge in [-0.15, -0.1) is 0 Å². The molecule has 0 bridgehead atoms. The highest BCUT2D eigenvalue weighted by Gasteiger charge is 2.19. The Labute approximate surface area is 92.7 Å². The van der Waals surface area contributed by atoms with Crippen molar-refractivity contribution >= 4 is 16.9 Å². The average Bonchev–Trinajstić information content (AvgIpc) is 2.38. The fourth-order valence-corrected chi connectivity index (χ4v) is 2.10. The van der Waals surface area contributed by atoms with E-state index in [0.717, 1.165) is 5.56 Å². The molecule has 0 spiro atoms. The topological polar surface area (TPSA) is 62.5 Å². The van der Waals surface area contributed by atoms with Crippen molar-refractivity contribution in [1.82, 2.24) is 4.57 Å². The molecule has 4 nitrogen and oxygen atoms in total. The van der Waals surface area contributed by atoms with Crippen molar-refractivity contribution in [3.63, 3.8) is 0 Å². The Morgan fingerprint density at radius 2 is 1.94 bits per heavy atom. The maximum Gasteiger partial charge on any atom is 0.338 e. The summed E-state index contributed by atoms with van der Waals surface area (Å²) in [5.74, 6) is -0.846. The van der Waals surface area contributed by atoms with E-state index in [1.807, 2.05) is 6.92 Å². The molecule has 0 saturated carbocycles. The Morgan fingerprint density at radius 1 is 1.31 bits per heavy atom. The number of phenolic OH excluding ortho intramolecular Hbond substituents is 1. The summed E-state index contributed by atoms with van der Waals surface area (Å²) in [6.07, 6.45) is 0. The second-order valence-corrected chi connectivity index (χ2v) is 4.00. The fourth-order valence-electron chi connectivity index (χ4n) is 2.10. The summed E-state index contributed by atoms with van der Waals surface area (Å²) in [5, 5.41) is 19.6. The SMILES string of the molecule is Cc1cc(O)c2c(c1)c(C(=O)O)c(C)n2C. The molecule has 0 aliphatic heterocycles. The molecule has 0 saturated heterocycles. The first-order valence-corrected chi connectivity index (χ1v) is 4.95. The molecule has 84 valence electrons. The van der Waals surface area contributed by atoms with Gasteiger partial charge in [0.1, 0.15) is 5.75 Å². The minimum absolute atomic E-state index is 0.119. The van der Waals surface area contributed by atoms with Gasteiger partial charge in [-0.05, 0) is 31.5 Å². The van der Waals surface area contributed by atoms with Gasteiger partial charge in [-0.1, -0.05) is 0 Å². The second-order valence-electron chi connectivity index (χ2n) is 4.00. The molecule has 1 aromatic carbocycles. The third-order valence-corrected chi connectivity index (χ3v) is 2.92. The number of carboxylic acid groups (broad SMARTS) is 1. The highest BCUT2D eigenvalue weighted by molar-refractivity contribution is 6.06. The summed E-state index contributed by atoms with van der Waals surface area (Å²) in [5.41, 5.74) is 2.32. The van der Waals surface area contributed by atoms with Gasteiger partial charge in [0.15, 0.2) is 0 Å². The summed E-state index contributed by atoms with van der Waals surface area (Å²) in [6, 6.07) is 3.42. The van der Waals surface area contributed by atoms with Gasteiger partial charge in [0.05, 0.1) is 11.1 Å². The Balaban J connectivity index is 3.02. The lowest BCUT2D eigenvalue weighted by Gasteiger charge is -2.02. The van der Waals surface area contributed by atoms with Crippen molar-refractivity contribution in [2.45, 2.75) is 13.8 Å². The molecule has 2 rings (SSSR count). The maximum absolute atomic E-state index is 11.2. The largest absolute Gasteiger partial charge is 0.506 e. The summed E-state index contributed by atoms with van der Waals surface area (Å²) >= 11 is 0. The lowest BCUT2D eigenvalue weighted by atomic mass is 10.1. The lowest BCUT2D eigenvalue weighted by Crippen LogP contribution is -1.99. The third-order valence-electron chi connectivity index (χ3n) is 2.92. The maximum atomic E-state index is 11.2. The van der Waals surface area contributed by atoms with E-state index in [9.17, 15) is 9.90 Å². The zero-order valence-corrected chi connectivity index (χ0v) is 9.40. The lowest BCUT2D eigenvalue weighted by molar-refractivity contribution is 0.0698. The molecule has 0 unspecified atom stereocenters. The van der Waals surface area contributed by atoms with Crippen LogP contribution in [0.25, 0.3) is 10.9 Å². The molecule has 2 N–H and O–H groups in total. The van der Waals surface area contributed by atoms with Crippen molar-refractivity contribution in [3.05, 3.63) is 29.0 Å². The standard InChI is InChI=1S/C12H13NO3/c1-6-4-8-10(12(15)16)7(2)13(3)11(8)9(14)5-6/h4-5,14H,1-3H3,(H,15,16). The minimum atomic E-state index is -0.965. The molecule has 4 heteroatoms. The van der Waals surface area contributed by atoms with Gasteiger partial charge in [-0.25, -0.2) is 4.79 Å². The van der Waals surface area contributed by atoms with E-state index in [0.29, 0.717) is 16.6 Å². The van der Waals surface area contributed by atoms with Crippen LogP contribution in [0.2, 0.25) is 0 Å². The third kappa shape index (κ3) is 1.26. The molecule has 1 aromatic heterocycles. The minimum Gasteiger partial charge on any atom is -0.506 e. The molecule has 1 heterocycles.